The summed E-state index contributed by atoms with van der Waals surface area (Å²) in [6, 6.07) is 41.7. The van der Waals surface area contributed by atoms with Gasteiger partial charge in [0.1, 0.15) is 25.8 Å². The van der Waals surface area contributed by atoms with Gasteiger partial charge in [0.25, 0.3) is 0 Å². The van der Waals surface area contributed by atoms with Crippen molar-refractivity contribution in [1.29, 1.82) is 0 Å². The van der Waals surface area contributed by atoms with Crippen LogP contribution in [0.4, 0.5) is 0 Å². The molecule has 0 unspecified atom stereocenters. The van der Waals surface area contributed by atoms with E-state index in [2.05, 4.69) is 0 Å². The Labute approximate surface area is 345 Å². The molecule has 0 aliphatic carbocycles. The molecule has 5 aromatic carbocycles. The third kappa shape index (κ3) is 18.2. The van der Waals surface area contributed by atoms with Gasteiger partial charge in [0.15, 0.2) is 0 Å². The fourth-order valence-electron chi connectivity index (χ4n) is 4.99. The topological polar surface area (TPSA) is 270 Å². The van der Waals surface area contributed by atoms with Gasteiger partial charge in [-0.05, 0) is 20.8 Å². The Morgan fingerprint density at radius 1 is 0.527 bits per heavy atom. The second-order valence-corrected chi connectivity index (χ2v) is 16.8. The molecule has 0 bridgehead atoms. The summed E-state index contributed by atoms with van der Waals surface area (Å²) in [5.74, 6) is 0.231. The third-order valence-electron chi connectivity index (χ3n) is 6.89. The van der Waals surface area contributed by atoms with Gasteiger partial charge in [0.05, 0.1) is 15.3 Å². The van der Waals surface area contributed by atoms with Crippen LogP contribution in [0, 0.1) is 90.2 Å². The fraction of sp³-hybridized carbons (Fsp3) is 0.139. The van der Waals surface area contributed by atoms with Crippen LogP contribution in [-0.4, -0.2) is 26.1 Å². The average molecular weight is 948 g/mol. The second kappa shape index (κ2) is 25.0. The van der Waals surface area contributed by atoms with Crippen LogP contribution in [-0.2, 0) is 26.2 Å². The van der Waals surface area contributed by atoms with Gasteiger partial charge >= 0.3 is 37.3 Å². The molecular weight excluding hydrogens is 912 g/mol. The first kappa shape index (κ1) is 49.9. The van der Waals surface area contributed by atoms with E-state index >= 15 is 0 Å². The molecule has 0 amide bonds. The Balaban J connectivity index is 0.00000146. The molecule has 5 rings (SSSR count). The van der Waals surface area contributed by atoms with Gasteiger partial charge in [-0.15, -0.1) is 0 Å². The molecule has 1 N–H and O–H groups in total. The van der Waals surface area contributed by atoms with Gasteiger partial charge in [-0.2, -0.15) is 0 Å². The zero-order chi connectivity index (χ0) is 40.9. The van der Waals surface area contributed by atoms with Crippen molar-refractivity contribution in [3.63, 3.8) is 0 Å². The first-order valence-corrected chi connectivity index (χ1v) is 19.3. The van der Waals surface area contributed by atoms with Crippen molar-refractivity contribution in [3.05, 3.63) is 196 Å². The molecule has 0 fully saturated rings. The summed E-state index contributed by atoms with van der Waals surface area (Å²) in [5, 5.41) is 58.8. The largest absolute Gasteiger partial charge is 3.00 e. The maximum absolute atomic E-state index is 14.7. The SMILES string of the molecule is CC(C)=O.Cc1cc(CP(=O)(c2ccccc2)c2ccccc2)c(O)c(CP(=O)(c2ccccc2)c2ccccc2)c1.O=[N+]([O-])[O-].O=[N+]([O-])[O-].O=[N+]([O-])[O-].[Er+3]. The minimum Gasteiger partial charge on any atom is -0.507 e. The molecule has 0 heterocycles. The molecule has 0 saturated heterocycles. The van der Waals surface area contributed by atoms with Gasteiger partial charge in [-0.1, -0.05) is 139 Å². The number of phenolic OH excluding ortho intramolecular Hbond substituents is 1. The maximum Gasteiger partial charge on any atom is 3.00 e. The molecule has 295 valence electrons. The van der Waals surface area contributed by atoms with Crippen LogP contribution in [0.5, 0.6) is 5.75 Å². The first-order chi connectivity index (χ1) is 25.3. The number of carbonyl (C=O) groups excluding carboxylic acids is 1. The van der Waals surface area contributed by atoms with E-state index in [1.807, 2.05) is 140 Å². The van der Waals surface area contributed by atoms with Crippen molar-refractivity contribution < 1.29 is 71.6 Å². The van der Waals surface area contributed by atoms with Crippen LogP contribution in [0.2, 0.25) is 0 Å². The number of hydrogen-bond donors (Lipinski definition) is 1. The summed E-state index contributed by atoms with van der Waals surface area (Å²) < 4.78 is 29.4. The van der Waals surface area contributed by atoms with Gasteiger partial charge in [0, 0.05) is 44.7 Å². The molecule has 0 aliphatic rings. The van der Waals surface area contributed by atoms with Gasteiger partial charge in [0.2, 0.25) is 0 Å². The minimum absolute atomic E-state index is 0. The number of ketones is 1. The maximum atomic E-state index is 14.7. The number of benzene rings is 5. The van der Waals surface area contributed by atoms with Crippen LogP contribution in [0.1, 0.15) is 30.5 Å². The Morgan fingerprint density at radius 3 is 0.891 bits per heavy atom. The standard InChI is InChI=1S/C33H30O3P2.C3H6O.Er.3NO3/c1-26-22-27(24-37(35,29-14-6-2-7-15-29)30-16-8-3-9-17-30)33(34)28(23-26)25-38(36,31-18-10-4-11-19-31)32-20-12-5-13-21-32;1-3(2)4;;3*2-1(3)4/h2-23,34H,24-25H2,1H3;1-2H3;;;;/q;;+3;3*-1. The monoisotopic (exact) mass is 946 g/mol. The fourth-order valence-corrected chi connectivity index (χ4v) is 10.4. The van der Waals surface area contributed by atoms with E-state index < -0.39 is 29.5 Å². The number of aryl methyl sites for hydroxylation is 1. The number of Topliss-reactive ketones (excluding diaryl/α,β-unsaturated/α-hetero) is 1. The zero-order valence-electron chi connectivity index (χ0n) is 29.5. The number of phenols is 1. The van der Waals surface area contributed by atoms with Crippen molar-refractivity contribution in [1.82, 2.24) is 0 Å². The quantitative estimate of drug-likeness (QED) is 0.0976. The number of carbonyl (C=O) groups is 1. The van der Waals surface area contributed by atoms with Crippen molar-refractivity contribution in [3.8, 4) is 5.75 Å². The molecule has 0 aromatic heterocycles. The van der Waals surface area contributed by atoms with E-state index in [4.69, 9.17) is 46.0 Å². The molecule has 0 saturated carbocycles. The van der Waals surface area contributed by atoms with E-state index in [1.165, 1.54) is 13.8 Å². The number of aromatic hydroxyl groups is 1. The van der Waals surface area contributed by atoms with Crippen molar-refractivity contribution in [2.24, 2.45) is 0 Å². The number of nitrogens with zero attached hydrogens (tertiary/aromatic N) is 3. The van der Waals surface area contributed by atoms with E-state index in [0.29, 0.717) is 11.1 Å². The summed E-state index contributed by atoms with van der Waals surface area (Å²) in [4.78, 5) is 34.2. The zero-order valence-corrected chi connectivity index (χ0v) is 33.1. The Bertz CT molecular complexity index is 1790. The Morgan fingerprint density at radius 2 is 0.709 bits per heavy atom. The van der Waals surface area contributed by atoms with E-state index in [-0.39, 0.29) is 61.2 Å². The summed E-state index contributed by atoms with van der Waals surface area (Å²) in [5.41, 5.74) is 2.13. The van der Waals surface area contributed by atoms with Crippen LogP contribution in [0.3, 0.4) is 0 Å². The summed E-state index contributed by atoms with van der Waals surface area (Å²) in [6.07, 6.45) is 0.338. The summed E-state index contributed by atoms with van der Waals surface area (Å²) in [6.45, 7) is 5.01. The predicted octanol–water partition coefficient (Wildman–Crippen LogP) is 6.61. The predicted molar refractivity (Wildman–Crippen MR) is 207 cm³/mol. The molecule has 0 spiro atoms. The van der Waals surface area contributed by atoms with Gasteiger partial charge in [-0.25, -0.2) is 0 Å². The van der Waals surface area contributed by atoms with Crippen molar-refractivity contribution in [2.45, 2.75) is 33.1 Å². The van der Waals surface area contributed by atoms with Crippen molar-refractivity contribution >= 4 is 41.3 Å². The third-order valence-corrected chi connectivity index (χ3v) is 13.0. The van der Waals surface area contributed by atoms with Crippen LogP contribution < -0.4 is 21.2 Å². The Hall–Kier alpha value is -5.12. The van der Waals surface area contributed by atoms with Crippen LogP contribution >= 0.6 is 14.3 Å². The molecule has 5 aromatic rings. The molecule has 1 radical (unpaired) electrons. The van der Waals surface area contributed by atoms with Gasteiger partial charge in [-0.3, -0.25) is 0 Å². The second-order valence-electron chi connectivity index (χ2n) is 11.1. The molecule has 16 nitrogen and oxygen atoms in total. The summed E-state index contributed by atoms with van der Waals surface area (Å²) in [7, 11) is -6.22. The normalized spacial score (nSPS) is 9.95. The van der Waals surface area contributed by atoms with Crippen molar-refractivity contribution in [2.75, 3.05) is 0 Å². The molecule has 55 heavy (non-hydrogen) atoms. The first-order valence-electron chi connectivity index (χ1n) is 15.5. The minimum atomic E-state index is -3.11. The summed E-state index contributed by atoms with van der Waals surface area (Å²) >= 11 is 0. The van der Waals surface area contributed by atoms with E-state index in [1.54, 1.807) is 0 Å². The molecular formula is C36H36ErN3O13P2. The van der Waals surface area contributed by atoms with Gasteiger partial charge < -0.3 is 65.0 Å². The number of hydrogen-bond acceptors (Lipinski definition) is 13. The van der Waals surface area contributed by atoms with E-state index in [0.717, 1.165) is 26.8 Å². The average Bonchev–Trinajstić information content (AvgIpc) is 3.11. The molecule has 0 atom stereocenters. The van der Waals surface area contributed by atoms with E-state index in [9.17, 15) is 19.0 Å². The van der Waals surface area contributed by atoms with Crippen LogP contribution in [0.15, 0.2) is 133 Å². The Kier molecular flexibility index (Phi) is 22.7. The smallest absolute Gasteiger partial charge is 0.507 e. The molecule has 0 aliphatic heterocycles. The van der Waals surface area contributed by atoms with Crippen LogP contribution in [0.25, 0.3) is 0 Å². The number of rotatable bonds is 8. The molecule has 19 heteroatoms.